The van der Waals surface area contributed by atoms with Gasteiger partial charge in [-0.25, -0.2) is 0 Å². The van der Waals surface area contributed by atoms with Crippen LogP contribution in [0.4, 0.5) is 17.1 Å². The van der Waals surface area contributed by atoms with E-state index in [4.69, 9.17) is 8.83 Å². The third-order valence-electron chi connectivity index (χ3n) is 9.42. The average Bonchev–Trinajstić information content (AvgIpc) is 3.68. The monoisotopic (exact) mass is 601 g/mol. The first-order valence-corrected chi connectivity index (χ1v) is 15.9. The molecule has 10 rings (SSSR count). The number of furan rings is 2. The van der Waals surface area contributed by atoms with Gasteiger partial charge in [0.1, 0.15) is 22.3 Å². The summed E-state index contributed by atoms with van der Waals surface area (Å²) < 4.78 is 12.4. The molecule has 0 bridgehead atoms. The van der Waals surface area contributed by atoms with E-state index in [0.29, 0.717) is 0 Å². The lowest BCUT2D eigenvalue weighted by Gasteiger charge is -2.26. The van der Waals surface area contributed by atoms with Crippen LogP contribution in [0.5, 0.6) is 0 Å². The van der Waals surface area contributed by atoms with Gasteiger partial charge in [-0.3, -0.25) is 0 Å². The first-order chi connectivity index (χ1) is 23.3. The Morgan fingerprint density at radius 3 is 1.72 bits per heavy atom. The molecule has 0 fully saturated rings. The largest absolute Gasteiger partial charge is 0.456 e. The van der Waals surface area contributed by atoms with Crippen LogP contribution >= 0.6 is 0 Å². The van der Waals surface area contributed by atoms with Crippen molar-refractivity contribution in [3.05, 3.63) is 164 Å². The molecule has 0 aliphatic carbocycles. The minimum absolute atomic E-state index is 0.883. The number of anilines is 3. The summed E-state index contributed by atoms with van der Waals surface area (Å²) in [5, 5.41) is 9.27. The van der Waals surface area contributed by atoms with Crippen molar-refractivity contribution < 1.29 is 8.83 Å². The van der Waals surface area contributed by atoms with Gasteiger partial charge in [-0.05, 0) is 99.4 Å². The number of hydrogen-bond acceptors (Lipinski definition) is 3. The van der Waals surface area contributed by atoms with Crippen molar-refractivity contribution in [2.24, 2.45) is 0 Å². The van der Waals surface area contributed by atoms with Crippen molar-refractivity contribution in [1.29, 1.82) is 0 Å². The second-order valence-corrected chi connectivity index (χ2v) is 12.2. The van der Waals surface area contributed by atoms with Crippen LogP contribution in [-0.4, -0.2) is 0 Å². The summed E-state index contributed by atoms with van der Waals surface area (Å²) in [5.74, 6) is 0. The molecule has 0 saturated carbocycles. The molecule has 0 amide bonds. The Labute approximate surface area is 270 Å². The fourth-order valence-corrected chi connectivity index (χ4v) is 7.16. The summed E-state index contributed by atoms with van der Waals surface area (Å²) >= 11 is 0. The number of rotatable bonds is 4. The van der Waals surface area contributed by atoms with Gasteiger partial charge in [0.15, 0.2) is 0 Å². The maximum Gasteiger partial charge on any atom is 0.136 e. The molecule has 3 nitrogen and oxygen atoms in total. The van der Waals surface area contributed by atoms with Gasteiger partial charge in [0.25, 0.3) is 0 Å². The van der Waals surface area contributed by atoms with E-state index in [0.717, 1.165) is 71.7 Å². The van der Waals surface area contributed by atoms with Crippen molar-refractivity contribution in [1.82, 2.24) is 0 Å². The molecular weight excluding hydrogens is 574 g/mol. The second kappa shape index (κ2) is 10.1. The SMILES string of the molecule is c1ccc2c(-c3ccc(N(c4ccc5cc6oc7ccccc7c6cc5c4)c4ccc5oc6ccccc6c5c4)cc3)cccc2c1. The molecule has 0 radical (unpaired) electrons. The minimum Gasteiger partial charge on any atom is -0.456 e. The number of para-hydroxylation sites is 2. The maximum absolute atomic E-state index is 6.20. The van der Waals surface area contributed by atoms with Crippen LogP contribution in [0.1, 0.15) is 0 Å². The van der Waals surface area contributed by atoms with Gasteiger partial charge >= 0.3 is 0 Å². The summed E-state index contributed by atoms with van der Waals surface area (Å²) in [6.45, 7) is 0. The highest BCUT2D eigenvalue weighted by Gasteiger charge is 2.17. The highest BCUT2D eigenvalue weighted by molar-refractivity contribution is 6.11. The lowest BCUT2D eigenvalue weighted by Crippen LogP contribution is -2.09. The summed E-state index contributed by atoms with van der Waals surface area (Å²) in [5.41, 5.74) is 9.24. The zero-order valence-corrected chi connectivity index (χ0v) is 25.4. The van der Waals surface area contributed by atoms with E-state index in [1.165, 1.54) is 21.9 Å². The van der Waals surface area contributed by atoms with Crippen LogP contribution < -0.4 is 4.90 Å². The van der Waals surface area contributed by atoms with Gasteiger partial charge in [-0.2, -0.15) is 0 Å². The Balaban J connectivity index is 1.16. The molecule has 220 valence electrons. The number of nitrogens with zero attached hydrogens (tertiary/aromatic N) is 1. The van der Waals surface area contributed by atoms with Crippen molar-refractivity contribution in [2.75, 3.05) is 4.90 Å². The predicted molar refractivity (Wildman–Crippen MR) is 196 cm³/mol. The third-order valence-corrected chi connectivity index (χ3v) is 9.42. The zero-order chi connectivity index (χ0) is 30.9. The van der Waals surface area contributed by atoms with E-state index in [9.17, 15) is 0 Å². The number of hydrogen-bond donors (Lipinski definition) is 0. The van der Waals surface area contributed by atoms with E-state index < -0.39 is 0 Å². The van der Waals surface area contributed by atoms with Crippen LogP contribution in [0.25, 0.3) is 76.5 Å². The fraction of sp³-hybridized carbons (Fsp3) is 0. The van der Waals surface area contributed by atoms with Crippen LogP contribution in [0.2, 0.25) is 0 Å². The zero-order valence-electron chi connectivity index (χ0n) is 25.4. The molecule has 47 heavy (non-hydrogen) atoms. The lowest BCUT2D eigenvalue weighted by atomic mass is 9.98. The fourth-order valence-electron chi connectivity index (χ4n) is 7.16. The van der Waals surface area contributed by atoms with Gasteiger partial charge < -0.3 is 13.7 Å². The Morgan fingerprint density at radius 1 is 0.319 bits per heavy atom. The standard InChI is InChI=1S/C44H27NO2/c1-2-10-35-28(8-1)9-7-13-36(35)29-16-19-32(20-17-29)45(34-22-23-43-40(27-34)38-12-4-5-14-41(38)46-43)33-21-18-30-26-44-39(25-31(30)24-33)37-11-3-6-15-42(37)47-44/h1-27H. The minimum atomic E-state index is 0.883. The first kappa shape index (κ1) is 26.0. The Bertz CT molecular complexity index is 2800. The van der Waals surface area contributed by atoms with Gasteiger partial charge in [0, 0.05) is 38.6 Å². The molecule has 0 aliphatic rings. The van der Waals surface area contributed by atoms with Gasteiger partial charge in [-0.1, -0.05) is 97.1 Å². The molecule has 0 aliphatic heterocycles. The van der Waals surface area contributed by atoms with Crippen molar-refractivity contribution >= 4 is 82.5 Å². The Morgan fingerprint density at radius 2 is 0.915 bits per heavy atom. The molecule has 0 atom stereocenters. The van der Waals surface area contributed by atoms with Crippen LogP contribution in [-0.2, 0) is 0 Å². The number of fused-ring (bicyclic) bond motifs is 8. The highest BCUT2D eigenvalue weighted by atomic mass is 16.3. The molecule has 2 heterocycles. The molecular formula is C44H27NO2. The van der Waals surface area contributed by atoms with E-state index in [-0.39, 0.29) is 0 Å². The summed E-state index contributed by atoms with van der Waals surface area (Å²) in [6.07, 6.45) is 0. The molecule has 2 aromatic heterocycles. The molecule has 0 N–H and O–H groups in total. The second-order valence-electron chi connectivity index (χ2n) is 12.2. The predicted octanol–water partition coefficient (Wildman–Crippen LogP) is 12.9. The van der Waals surface area contributed by atoms with Crippen molar-refractivity contribution in [3.8, 4) is 11.1 Å². The van der Waals surface area contributed by atoms with Crippen molar-refractivity contribution in [3.63, 3.8) is 0 Å². The molecule has 0 unspecified atom stereocenters. The molecule has 3 heteroatoms. The quantitative estimate of drug-likeness (QED) is 0.201. The van der Waals surface area contributed by atoms with Crippen molar-refractivity contribution in [2.45, 2.75) is 0 Å². The van der Waals surface area contributed by atoms with E-state index in [1.807, 2.05) is 24.3 Å². The topological polar surface area (TPSA) is 29.5 Å². The average molecular weight is 602 g/mol. The van der Waals surface area contributed by atoms with Crippen LogP contribution in [0.15, 0.2) is 173 Å². The summed E-state index contributed by atoms with van der Waals surface area (Å²) in [4.78, 5) is 2.34. The van der Waals surface area contributed by atoms with Gasteiger partial charge in [0.2, 0.25) is 0 Å². The summed E-state index contributed by atoms with van der Waals surface area (Å²) in [6, 6.07) is 58.1. The Hall–Kier alpha value is -6.32. The molecule has 0 saturated heterocycles. The van der Waals surface area contributed by atoms with E-state index in [2.05, 4.69) is 144 Å². The van der Waals surface area contributed by atoms with E-state index >= 15 is 0 Å². The third kappa shape index (κ3) is 4.14. The summed E-state index contributed by atoms with van der Waals surface area (Å²) in [7, 11) is 0. The van der Waals surface area contributed by atoms with Crippen LogP contribution in [0, 0.1) is 0 Å². The number of benzene rings is 8. The normalized spacial score (nSPS) is 11.8. The maximum atomic E-state index is 6.20. The highest BCUT2D eigenvalue weighted by Crippen LogP contribution is 2.41. The van der Waals surface area contributed by atoms with E-state index in [1.54, 1.807) is 0 Å². The molecule has 10 aromatic rings. The smallest absolute Gasteiger partial charge is 0.136 e. The molecule has 8 aromatic carbocycles. The van der Waals surface area contributed by atoms with Gasteiger partial charge in [-0.15, -0.1) is 0 Å². The Kier molecular flexibility index (Phi) is 5.57. The van der Waals surface area contributed by atoms with Gasteiger partial charge in [0.05, 0.1) is 0 Å². The molecule has 0 spiro atoms. The lowest BCUT2D eigenvalue weighted by molar-refractivity contribution is 0.669. The first-order valence-electron chi connectivity index (χ1n) is 15.9. The van der Waals surface area contributed by atoms with Crippen LogP contribution in [0.3, 0.4) is 0 Å².